The summed E-state index contributed by atoms with van der Waals surface area (Å²) in [7, 11) is 0. The lowest BCUT2D eigenvalue weighted by molar-refractivity contribution is -0.132. The Morgan fingerprint density at radius 2 is 1.88 bits per heavy atom. The van der Waals surface area contributed by atoms with Crippen molar-refractivity contribution < 1.29 is 9.53 Å². The van der Waals surface area contributed by atoms with Gasteiger partial charge in [-0.15, -0.1) is 0 Å². The SMILES string of the molecule is CC(C)C(=O)COC1C[C@@H](C)CC[C@@H]1C(C)C. The highest BCUT2D eigenvalue weighted by atomic mass is 16.5. The first-order valence-electron chi connectivity index (χ1n) is 7.06. The molecular weight excluding hydrogens is 212 g/mol. The Morgan fingerprint density at radius 3 is 2.41 bits per heavy atom. The van der Waals surface area contributed by atoms with E-state index in [4.69, 9.17) is 4.74 Å². The molecule has 0 aromatic carbocycles. The molecule has 100 valence electrons. The van der Waals surface area contributed by atoms with Gasteiger partial charge in [-0.3, -0.25) is 4.79 Å². The van der Waals surface area contributed by atoms with Crippen molar-refractivity contribution >= 4 is 5.78 Å². The molecule has 1 saturated carbocycles. The van der Waals surface area contributed by atoms with Crippen LogP contribution in [0.25, 0.3) is 0 Å². The van der Waals surface area contributed by atoms with Gasteiger partial charge in [0.15, 0.2) is 5.78 Å². The summed E-state index contributed by atoms with van der Waals surface area (Å²) in [5.74, 6) is 2.34. The number of hydrogen-bond donors (Lipinski definition) is 0. The maximum atomic E-state index is 11.6. The molecule has 0 spiro atoms. The molecule has 1 rings (SSSR count). The van der Waals surface area contributed by atoms with Crippen LogP contribution in [0.5, 0.6) is 0 Å². The van der Waals surface area contributed by atoms with Gasteiger partial charge in [0.1, 0.15) is 6.61 Å². The number of carbonyl (C=O) groups is 1. The van der Waals surface area contributed by atoms with Crippen LogP contribution in [-0.2, 0) is 9.53 Å². The number of ketones is 1. The van der Waals surface area contributed by atoms with Crippen LogP contribution >= 0.6 is 0 Å². The van der Waals surface area contributed by atoms with Crippen molar-refractivity contribution in [2.75, 3.05) is 6.61 Å². The summed E-state index contributed by atoms with van der Waals surface area (Å²) in [4.78, 5) is 11.6. The third-order valence-corrected chi connectivity index (χ3v) is 4.04. The standard InChI is InChI=1S/C15H28O2/c1-10(2)13-7-6-12(5)8-15(13)17-9-14(16)11(3)4/h10-13,15H,6-9H2,1-5H3/t12-,13+,15?/m0/s1. The van der Waals surface area contributed by atoms with Crippen molar-refractivity contribution in [3.8, 4) is 0 Å². The fourth-order valence-electron chi connectivity index (χ4n) is 2.66. The fourth-order valence-corrected chi connectivity index (χ4v) is 2.66. The van der Waals surface area contributed by atoms with E-state index in [9.17, 15) is 4.79 Å². The summed E-state index contributed by atoms with van der Waals surface area (Å²) in [6.07, 6.45) is 3.97. The van der Waals surface area contributed by atoms with Crippen LogP contribution in [0.1, 0.15) is 53.9 Å². The Labute approximate surface area is 106 Å². The summed E-state index contributed by atoms with van der Waals surface area (Å²) in [6.45, 7) is 11.0. The van der Waals surface area contributed by atoms with E-state index in [2.05, 4.69) is 20.8 Å². The number of rotatable bonds is 5. The van der Waals surface area contributed by atoms with E-state index < -0.39 is 0 Å². The van der Waals surface area contributed by atoms with Crippen LogP contribution in [0.15, 0.2) is 0 Å². The Balaban J connectivity index is 2.49. The van der Waals surface area contributed by atoms with Gasteiger partial charge in [-0.2, -0.15) is 0 Å². The molecular formula is C15H28O2. The van der Waals surface area contributed by atoms with E-state index in [1.807, 2.05) is 13.8 Å². The van der Waals surface area contributed by atoms with Crippen LogP contribution in [-0.4, -0.2) is 18.5 Å². The second kappa shape index (κ2) is 6.53. The molecule has 17 heavy (non-hydrogen) atoms. The molecule has 2 nitrogen and oxygen atoms in total. The zero-order valence-corrected chi connectivity index (χ0v) is 12.0. The average molecular weight is 240 g/mol. The molecule has 0 aromatic rings. The Kier molecular flexibility index (Phi) is 5.64. The molecule has 0 aromatic heterocycles. The molecule has 1 aliphatic carbocycles. The van der Waals surface area contributed by atoms with Gasteiger partial charge in [-0.05, 0) is 30.6 Å². The first kappa shape index (κ1) is 14.7. The van der Waals surface area contributed by atoms with Gasteiger partial charge in [0.05, 0.1) is 6.10 Å². The molecule has 0 saturated heterocycles. The Hall–Kier alpha value is -0.370. The lowest BCUT2D eigenvalue weighted by Crippen LogP contribution is -2.36. The van der Waals surface area contributed by atoms with E-state index in [-0.39, 0.29) is 11.7 Å². The predicted octanol–water partition coefficient (Wildman–Crippen LogP) is 3.69. The maximum Gasteiger partial charge on any atom is 0.160 e. The van der Waals surface area contributed by atoms with Crippen molar-refractivity contribution in [1.29, 1.82) is 0 Å². The summed E-state index contributed by atoms with van der Waals surface area (Å²) in [6, 6.07) is 0. The molecule has 1 unspecified atom stereocenters. The minimum absolute atomic E-state index is 0.0912. The largest absolute Gasteiger partial charge is 0.370 e. The average Bonchev–Trinajstić information content (AvgIpc) is 2.25. The summed E-state index contributed by atoms with van der Waals surface area (Å²) >= 11 is 0. The normalized spacial score (nSPS) is 29.9. The predicted molar refractivity (Wildman–Crippen MR) is 70.9 cm³/mol. The zero-order valence-electron chi connectivity index (χ0n) is 12.0. The van der Waals surface area contributed by atoms with Gasteiger partial charge >= 0.3 is 0 Å². The molecule has 0 aliphatic heterocycles. The van der Waals surface area contributed by atoms with Gasteiger partial charge in [0.2, 0.25) is 0 Å². The van der Waals surface area contributed by atoms with E-state index in [0.29, 0.717) is 24.5 Å². The smallest absolute Gasteiger partial charge is 0.160 e. The second-order valence-electron chi connectivity index (χ2n) is 6.30. The summed E-state index contributed by atoms with van der Waals surface area (Å²) < 4.78 is 5.90. The van der Waals surface area contributed by atoms with Gasteiger partial charge in [0, 0.05) is 5.92 Å². The number of hydrogen-bond acceptors (Lipinski definition) is 2. The van der Waals surface area contributed by atoms with Gasteiger partial charge in [0.25, 0.3) is 0 Å². The summed E-state index contributed by atoms with van der Waals surface area (Å²) in [5.41, 5.74) is 0. The van der Waals surface area contributed by atoms with Crippen molar-refractivity contribution in [2.45, 2.75) is 60.0 Å². The molecule has 0 heterocycles. The van der Waals surface area contributed by atoms with Gasteiger partial charge in [-0.1, -0.05) is 41.0 Å². The highest BCUT2D eigenvalue weighted by Crippen LogP contribution is 2.35. The lowest BCUT2D eigenvalue weighted by Gasteiger charge is -2.37. The van der Waals surface area contributed by atoms with Crippen LogP contribution in [0.4, 0.5) is 0 Å². The van der Waals surface area contributed by atoms with E-state index >= 15 is 0 Å². The molecule has 1 fully saturated rings. The van der Waals surface area contributed by atoms with Crippen LogP contribution < -0.4 is 0 Å². The maximum absolute atomic E-state index is 11.6. The van der Waals surface area contributed by atoms with Crippen molar-refractivity contribution in [2.24, 2.45) is 23.7 Å². The molecule has 2 heteroatoms. The highest BCUT2D eigenvalue weighted by molar-refractivity contribution is 5.81. The molecule has 1 aliphatic rings. The summed E-state index contributed by atoms with van der Waals surface area (Å²) in [5, 5.41) is 0. The minimum Gasteiger partial charge on any atom is -0.370 e. The topological polar surface area (TPSA) is 26.3 Å². The quantitative estimate of drug-likeness (QED) is 0.732. The number of carbonyl (C=O) groups excluding carboxylic acids is 1. The minimum atomic E-state index is 0.0912. The third-order valence-electron chi connectivity index (χ3n) is 4.04. The first-order valence-corrected chi connectivity index (χ1v) is 7.06. The Bertz CT molecular complexity index is 245. The van der Waals surface area contributed by atoms with Gasteiger partial charge in [-0.25, -0.2) is 0 Å². The molecule has 0 amide bonds. The number of ether oxygens (including phenoxy) is 1. The van der Waals surface area contributed by atoms with Crippen LogP contribution in [0.2, 0.25) is 0 Å². The van der Waals surface area contributed by atoms with E-state index in [0.717, 1.165) is 12.3 Å². The lowest BCUT2D eigenvalue weighted by atomic mass is 9.75. The monoisotopic (exact) mass is 240 g/mol. The van der Waals surface area contributed by atoms with Crippen molar-refractivity contribution in [3.63, 3.8) is 0 Å². The second-order valence-corrected chi connectivity index (χ2v) is 6.30. The number of Topliss-reactive ketones (excluding diaryl/α,β-unsaturated/α-hetero) is 1. The van der Waals surface area contributed by atoms with Crippen molar-refractivity contribution in [3.05, 3.63) is 0 Å². The third kappa shape index (κ3) is 4.42. The zero-order chi connectivity index (χ0) is 13.0. The molecule has 0 bridgehead atoms. The van der Waals surface area contributed by atoms with Crippen LogP contribution in [0, 0.1) is 23.7 Å². The molecule has 0 N–H and O–H groups in total. The van der Waals surface area contributed by atoms with Crippen molar-refractivity contribution in [1.82, 2.24) is 0 Å². The fraction of sp³-hybridized carbons (Fsp3) is 0.933. The van der Waals surface area contributed by atoms with E-state index in [1.54, 1.807) is 0 Å². The van der Waals surface area contributed by atoms with Gasteiger partial charge < -0.3 is 4.74 Å². The highest BCUT2D eigenvalue weighted by Gasteiger charge is 2.31. The van der Waals surface area contributed by atoms with Crippen LogP contribution in [0.3, 0.4) is 0 Å². The first-order chi connectivity index (χ1) is 7.91. The Morgan fingerprint density at radius 1 is 1.24 bits per heavy atom. The molecule has 0 radical (unpaired) electrons. The molecule has 3 atom stereocenters. The van der Waals surface area contributed by atoms with E-state index in [1.165, 1.54) is 12.8 Å².